The molecule has 0 bridgehead atoms. The molecule has 1 N–H and O–H groups in total. The van der Waals surface area contributed by atoms with E-state index in [1.807, 2.05) is 6.26 Å². The number of halogens is 2. The summed E-state index contributed by atoms with van der Waals surface area (Å²) in [4.78, 5) is 20.3. The van der Waals surface area contributed by atoms with Crippen LogP contribution in [-0.4, -0.2) is 29.2 Å². The molecule has 0 atom stereocenters. The van der Waals surface area contributed by atoms with Crippen molar-refractivity contribution >= 4 is 46.6 Å². The smallest absolute Gasteiger partial charge is 0.260 e. The van der Waals surface area contributed by atoms with E-state index in [0.29, 0.717) is 21.6 Å². The number of nitrogens with one attached hydrogen (secondary N) is 1. The standard InChI is InChI=1S/C13H11Cl2N3O2S/c1-20-10-4-3-7(14)5-9(10)17-12(19)8-6-16-13(21-2)18-11(8)15/h3-6H,1-2H3,(H,17,19). The van der Waals surface area contributed by atoms with Crippen molar-refractivity contribution < 1.29 is 9.53 Å². The normalized spacial score (nSPS) is 10.3. The summed E-state index contributed by atoms with van der Waals surface area (Å²) in [5.41, 5.74) is 0.622. The molecule has 1 aromatic carbocycles. The summed E-state index contributed by atoms with van der Waals surface area (Å²) >= 11 is 13.2. The number of nitrogens with zero attached hydrogens (tertiary/aromatic N) is 2. The summed E-state index contributed by atoms with van der Waals surface area (Å²) in [7, 11) is 1.50. The molecule has 0 aliphatic rings. The summed E-state index contributed by atoms with van der Waals surface area (Å²) in [5, 5.41) is 3.74. The van der Waals surface area contributed by atoms with Crippen LogP contribution in [0.25, 0.3) is 0 Å². The Labute approximate surface area is 136 Å². The predicted octanol–water partition coefficient (Wildman–Crippen LogP) is 3.77. The molecule has 1 amide bonds. The van der Waals surface area contributed by atoms with E-state index >= 15 is 0 Å². The van der Waals surface area contributed by atoms with Crippen LogP contribution in [0.5, 0.6) is 5.75 Å². The fourth-order valence-corrected chi connectivity index (χ4v) is 2.34. The Bertz CT molecular complexity index is 682. The van der Waals surface area contributed by atoms with Crippen LogP contribution in [0.2, 0.25) is 10.2 Å². The van der Waals surface area contributed by atoms with E-state index < -0.39 is 5.91 Å². The van der Waals surface area contributed by atoms with Crippen molar-refractivity contribution in [1.82, 2.24) is 9.97 Å². The van der Waals surface area contributed by atoms with Crippen molar-refractivity contribution in [2.75, 3.05) is 18.7 Å². The van der Waals surface area contributed by atoms with Crippen molar-refractivity contribution in [2.45, 2.75) is 5.16 Å². The summed E-state index contributed by atoms with van der Waals surface area (Å²) in [6.07, 6.45) is 3.20. The molecule has 2 aromatic rings. The van der Waals surface area contributed by atoms with Crippen LogP contribution in [0.1, 0.15) is 10.4 Å². The SMILES string of the molecule is COc1ccc(Cl)cc1NC(=O)c1cnc(SC)nc1Cl. The Morgan fingerprint density at radius 2 is 2.14 bits per heavy atom. The van der Waals surface area contributed by atoms with Crippen LogP contribution in [0.3, 0.4) is 0 Å². The Balaban J connectivity index is 2.28. The molecule has 0 saturated carbocycles. The fraction of sp³-hybridized carbons (Fsp3) is 0.154. The van der Waals surface area contributed by atoms with E-state index in [9.17, 15) is 4.79 Å². The summed E-state index contributed by atoms with van der Waals surface area (Å²) < 4.78 is 5.16. The minimum Gasteiger partial charge on any atom is -0.495 e. The van der Waals surface area contributed by atoms with Gasteiger partial charge in [0.1, 0.15) is 10.9 Å². The third kappa shape index (κ3) is 3.78. The number of anilines is 1. The number of ether oxygens (including phenoxy) is 1. The number of hydrogen-bond donors (Lipinski definition) is 1. The van der Waals surface area contributed by atoms with E-state index in [4.69, 9.17) is 27.9 Å². The number of carbonyl (C=O) groups excluding carboxylic acids is 1. The lowest BCUT2D eigenvalue weighted by Gasteiger charge is -2.11. The highest BCUT2D eigenvalue weighted by Gasteiger charge is 2.15. The molecule has 5 nitrogen and oxygen atoms in total. The molecular weight excluding hydrogens is 333 g/mol. The van der Waals surface area contributed by atoms with Gasteiger partial charge in [-0.15, -0.1) is 0 Å². The Morgan fingerprint density at radius 3 is 2.76 bits per heavy atom. The molecule has 0 saturated heterocycles. The van der Waals surface area contributed by atoms with E-state index in [-0.39, 0.29) is 10.7 Å². The van der Waals surface area contributed by atoms with Crippen LogP contribution in [-0.2, 0) is 0 Å². The van der Waals surface area contributed by atoms with Crippen molar-refractivity contribution in [3.8, 4) is 5.75 Å². The van der Waals surface area contributed by atoms with E-state index in [2.05, 4.69) is 15.3 Å². The summed E-state index contributed by atoms with van der Waals surface area (Å²) in [6, 6.07) is 4.91. The van der Waals surface area contributed by atoms with E-state index in [0.717, 1.165) is 0 Å². The number of aromatic nitrogens is 2. The molecule has 0 aliphatic heterocycles. The third-order valence-corrected chi connectivity index (χ3v) is 3.64. The minimum absolute atomic E-state index is 0.0906. The van der Waals surface area contributed by atoms with Crippen molar-refractivity contribution in [2.24, 2.45) is 0 Å². The van der Waals surface area contributed by atoms with E-state index in [1.54, 1.807) is 18.2 Å². The molecule has 21 heavy (non-hydrogen) atoms. The average Bonchev–Trinajstić information content (AvgIpc) is 2.47. The van der Waals surface area contributed by atoms with Gasteiger partial charge in [-0.25, -0.2) is 9.97 Å². The number of hydrogen-bond acceptors (Lipinski definition) is 5. The zero-order valence-electron chi connectivity index (χ0n) is 11.2. The van der Waals surface area contributed by atoms with Crippen LogP contribution in [0.4, 0.5) is 5.69 Å². The molecule has 0 radical (unpaired) electrons. The van der Waals surface area contributed by atoms with Crippen LogP contribution >= 0.6 is 35.0 Å². The molecule has 1 aromatic heterocycles. The number of benzene rings is 1. The molecule has 0 unspecified atom stereocenters. The molecule has 110 valence electrons. The van der Waals surface area contributed by atoms with Gasteiger partial charge in [0.15, 0.2) is 5.16 Å². The molecule has 8 heteroatoms. The van der Waals surface area contributed by atoms with Gasteiger partial charge in [-0.3, -0.25) is 4.79 Å². The van der Waals surface area contributed by atoms with Crippen LogP contribution < -0.4 is 10.1 Å². The maximum atomic E-state index is 12.2. The second-order valence-corrected chi connectivity index (χ2v) is 5.43. The maximum absolute atomic E-state index is 12.2. The topological polar surface area (TPSA) is 64.1 Å². The van der Waals surface area contributed by atoms with Gasteiger partial charge in [0, 0.05) is 11.2 Å². The fourth-order valence-electron chi connectivity index (χ4n) is 1.56. The zero-order chi connectivity index (χ0) is 15.4. The zero-order valence-corrected chi connectivity index (χ0v) is 13.5. The van der Waals surface area contributed by atoms with Gasteiger partial charge >= 0.3 is 0 Å². The lowest BCUT2D eigenvalue weighted by atomic mass is 10.2. The Kier molecular flexibility index (Phi) is 5.27. The molecule has 0 aliphatic carbocycles. The van der Waals surface area contributed by atoms with Crippen LogP contribution in [0, 0.1) is 0 Å². The van der Waals surface area contributed by atoms with Gasteiger partial charge in [-0.05, 0) is 24.5 Å². The number of thioether (sulfide) groups is 1. The first-order chi connectivity index (χ1) is 10.0. The van der Waals surface area contributed by atoms with Gasteiger partial charge in [-0.2, -0.15) is 0 Å². The Hall–Kier alpha value is -1.50. The van der Waals surface area contributed by atoms with Gasteiger partial charge in [0.2, 0.25) is 0 Å². The Morgan fingerprint density at radius 1 is 1.38 bits per heavy atom. The second-order valence-electron chi connectivity index (χ2n) is 3.86. The first-order valence-corrected chi connectivity index (χ1v) is 7.74. The largest absolute Gasteiger partial charge is 0.495 e. The molecular formula is C13H11Cl2N3O2S. The predicted molar refractivity (Wildman–Crippen MR) is 84.8 cm³/mol. The summed E-state index contributed by atoms with van der Waals surface area (Å²) in [5.74, 6) is 0.0544. The number of carbonyl (C=O) groups is 1. The monoisotopic (exact) mass is 343 g/mol. The lowest BCUT2D eigenvalue weighted by molar-refractivity contribution is 0.102. The van der Waals surface area contributed by atoms with Gasteiger partial charge in [0.05, 0.1) is 18.4 Å². The second kappa shape index (κ2) is 6.98. The molecule has 1 heterocycles. The highest BCUT2D eigenvalue weighted by molar-refractivity contribution is 7.98. The molecule has 0 fully saturated rings. The van der Waals surface area contributed by atoms with Crippen molar-refractivity contribution in [3.05, 3.63) is 40.1 Å². The average molecular weight is 344 g/mol. The highest BCUT2D eigenvalue weighted by atomic mass is 35.5. The van der Waals surface area contributed by atoms with Gasteiger partial charge in [-0.1, -0.05) is 35.0 Å². The third-order valence-electron chi connectivity index (χ3n) is 2.56. The maximum Gasteiger partial charge on any atom is 0.260 e. The minimum atomic E-state index is -0.437. The first kappa shape index (κ1) is 15.9. The van der Waals surface area contributed by atoms with Gasteiger partial charge < -0.3 is 10.1 Å². The summed E-state index contributed by atoms with van der Waals surface area (Å²) in [6.45, 7) is 0. The van der Waals surface area contributed by atoms with E-state index in [1.165, 1.54) is 25.1 Å². The molecule has 2 rings (SSSR count). The molecule has 0 spiro atoms. The van der Waals surface area contributed by atoms with Crippen molar-refractivity contribution in [3.63, 3.8) is 0 Å². The number of methoxy groups -OCH3 is 1. The first-order valence-electron chi connectivity index (χ1n) is 5.76. The van der Waals surface area contributed by atoms with Crippen molar-refractivity contribution in [1.29, 1.82) is 0 Å². The highest BCUT2D eigenvalue weighted by Crippen LogP contribution is 2.28. The quantitative estimate of drug-likeness (QED) is 0.520. The number of amides is 1. The van der Waals surface area contributed by atoms with Gasteiger partial charge in [0.25, 0.3) is 5.91 Å². The number of rotatable bonds is 4. The lowest BCUT2D eigenvalue weighted by Crippen LogP contribution is -2.14. The van der Waals surface area contributed by atoms with Crippen LogP contribution in [0.15, 0.2) is 29.6 Å².